The summed E-state index contributed by atoms with van der Waals surface area (Å²) in [5, 5.41) is 8.36. The van der Waals surface area contributed by atoms with Gasteiger partial charge in [0.05, 0.1) is 7.11 Å². The molecule has 0 radical (unpaired) electrons. The lowest BCUT2D eigenvalue weighted by Crippen LogP contribution is -2.07. The van der Waals surface area contributed by atoms with Crippen LogP contribution in [-0.4, -0.2) is 31.4 Å². The van der Waals surface area contributed by atoms with Crippen LogP contribution >= 0.6 is 0 Å². The molecule has 0 saturated heterocycles. The maximum absolute atomic E-state index is 10.2. The fourth-order valence-corrected chi connectivity index (χ4v) is 1.48. The summed E-state index contributed by atoms with van der Waals surface area (Å²) in [6.07, 6.45) is 2.84. The van der Waals surface area contributed by atoms with Crippen LogP contribution in [0.4, 0.5) is 0 Å². The van der Waals surface area contributed by atoms with Crippen LogP contribution in [0.1, 0.15) is 18.4 Å². The van der Waals surface area contributed by atoms with Crippen LogP contribution in [0.2, 0.25) is 0 Å². The number of hydrogen-bond donors (Lipinski definition) is 1. The van der Waals surface area contributed by atoms with Crippen LogP contribution in [0, 0.1) is 0 Å². The Bertz CT molecular complexity index is 332. The molecule has 1 aromatic rings. The highest BCUT2D eigenvalue weighted by atomic mass is 16.5. The molecule has 0 fully saturated rings. The Hall–Kier alpha value is -1.55. The molecule has 0 unspecified atom stereocenters. The topological polar surface area (TPSA) is 55.8 Å². The minimum Gasteiger partial charge on any atom is -0.497 e. The number of unbranched alkanes of at least 4 members (excludes halogenated alkanes) is 1. The Kier molecular flexibility index (Phi) is 6.10. The summed E-state index contributed by atoms with van der Waals surface area (Å²) in [4.78, 5) is 10.2. The van der Waals surface area contributed by atoms with E-state index in [0.717, 1.165) is 25.0 Å². The van der Waals surface area contributed by atoms with E-state index in [-0.39, 0.29) is 6.61 Å². The third-order valence-electron chi connectivity index (χ3n) is 2.39. The Morgan fingerprint density at radius 1 is 1.24 bits per heavy atom. The Morgan fingerprint density at radius 2 is 1.94 bits per heavy atom. The quantitative estimate of drug-likeness (QED) is 0.705. The van der Waals surface area contributed by atoms with Gasteiger partial charge in [-0.1, -0.05) is 12.1 Å². The molecule has 0 aromatic heterocycles. The summed E-state index contributed by atoms with van der Waals surface area (Å²) in [7, 11) is 1.65. The predicted molar refractivity (Wildman–Crippen MR) is 64.4 cm³/mol. The number of benzene rings is 1. The molecule has 4 heteroatoms. The van der Waals surface area contributed by atoms with Gasteiger partial charge in [-0.15, -0.1) is 0 Å². The smallest absolute Gasteiger partial charge is 0.329 e. The van der Waals surface area contributed by atoms with E-state index < -0.39 is 5.97 Å². The molecule has 1 rings (SSSR count). The second kappa shape index (κ2) is 7.68. The van der Waals surface area contributed by atoms with Crippen molar-refractivity contribution in [1.29, 1.82) is 0 Å². The van der Waals surface area contributed by atoms with E-state index in [9.17, 15) is 4.79 Å². The van der Waals surface area contributed by atoms with E-state index in [0.29, 0.717) is 6.61 Å². The molecule has 0 aliphatic rings. The number of ether oxygens (including phenoxy) is 2. The van der Waals surface area contributed by atoms with Crippen molar-refractivity contribution >= 4 is 5.97 Å². The molecule has 0 amide bonds. The number of aliphatic carboxylic acids is 1. The van der Waals surface area contributed by atoms with Gasteiger partial charge in [0.15, 0.2) is 0 Å². The normalized spacial score (nSPS) is 10.2. The van der Waals surface area contributed by atoms with Crippen LogP contribution in [0.3, 0.4) is 0 Å². The zero-order valence-corrected chi connectivity index (χ0v) is 10.0. The van der Waals surface area contributed by atoms with E-state index >= 15 is 0 Å². The summed E-state index contributed by atoms with van der Waals surface area (Å²) in [5.41, 5.74) is 1.25. The van der Waals surface area contributed by atoms with Crippen molar-refractivity contribution in [2.45, 2.75) is 19.3 Å². The Labute approximate surface area is 101 Å². The van der Waals surface area contributed by atoms with Gasteiger partial charge in [0.25, 0.3) is 0 Å². The Balaban J connectivity index is 2.11. The highest BCUT2D eigenvalue weighted by Crippen LogP contribution is 2.13. The zero-order valence-electron chi connectivity index (χ0n) is 10.0. The van der Waals surface area contributed by atoms with Crippen LogP contribution in [0.15, 0.2) is 24.3 Å². The van der Waals surface area contributed by atoms with Crippen molar-refractivity contribution in [3.05, 3.63) is 29.8 Å². The van der Waals surface area contributed by atoms with Crippen molar-refractivity contribution < 1.29 is 19.4 Å². The first-order valence-corrected chi connectivity index (χ1v) is 5.65. The molecule has 0 atom stereocenters. The van der Waals surface area contributed by atoms with Gasteiger partial charge in [0, 0.05) is 6.61 Å². The summed E-state index contributed by atoms with van der Waals surface area (Å²) in [6.45, 7) is 0.297. The number of hydrogen-bond acceptors (Lipinski definition) is 3. The summed E-state index contributed by atoms with van der Waals surface area (Å²) in [6, 6.07) is 7.96. The van der Waals surface area contributed by atoms with Crippen molar-refractivity contribution in [3.63, 3.8) is 0 Å². The van der Waals surface area contributed by atoms with Crippen LogP contribution in [-0.2, 0) is 16.0 Å². The number of carboxylic acid groups (broad SMARTS) is 1. The van der Waals surface area contributed by atoms with E-state index in [1.54, 1.807) is 7.11 Å². The van der Waals surface area contributed by atoms with Crippen molar-refractivity contribution in [2.75, 3.05) is 20.3 Å². The van der Waals surface area contributed by atoms with Gasteiger partial charge in [0.2, 0.25) is 0 Å². The monoisotopic (exact) mass is 238 g/mol. The molecule has 0 heterocycles. The van der Waals surface area contributed by atoms with Crippen LogP contribution in [0.5, 0.6) is 5.75 Å². The molecule has 4 nitrogen and oxygen atoms in total. The second-order valence-electron chi connectivity index (χ2n) is 3.75. The average Bonchev–Trinajstić information content (AvgIpc) is 2.34. The van der Waals surface area contributed by atoms with Gasteiger partial charge in [-0.25, -0.2) is 4.79 Å². The highest BCUT2D eigenvalue weighted by molar-refractivity contribution is 5.67. The predicted octanol–water partition coefficient (Wildman–Crippen LogP) is 2.12. The molecule has 0 bridgehead atoms. The van der Waals surface area contributed by atoms with Gasteiger partial charge >= 0.3 is 5.97 Å². The van der Waals surface area contributed by atoms with Gasteiger partial charge in [0.1, 0.15) is 12.4 Å². The zero-order chi connectivity index (χ0) is 12.5. The van der Waals surface area contributed by atoms with E-state index in [4.69, 9.17) is 14.6 Å². The Morgan fingerprint density at radius 3 is 2.53 bits per heavy atom. The number of rotatable bonds is 8. The molecular weight excluding hydrogens is 220 g/mol. The largest absolute Gasteiger partial charge is 0.497 e. The lowest BCUT2D eigenvalue weighted by Gasteiger charge is -2.04. The first kappa shape index (κ1) is 13.5. The minimum absolute atomic E-state index is 0.206. The van der Waals surface area contributed by atoms with Crippen LogP contribution < -0.4 is 4.74 Å². The van der Waals surface area contributed by atoms with Crippen molar-refractivity contribution in [2.24, 2.45) is 0 Å². The number of carboxylic acids is 1. The number of aryl methyl sites for hydroxylation is 1. The van der Waals surface area contributed by atoms with E-state index in [1.165, 1.54) is 5.56 Å². The molecule has 1 aromatic carbocycles. The first-order valence-electron chi connectivity index (χ1n) is 5.65. The third-order valence-corrected chi connectivity index (χ3v) is 2.39. The molecule has 0 aliphatic heterocycles. The van der Waals surface area contributed by atoms with E-state index in [1.807, 2.05) is 24.3 Å². The molecular formula is C13H18O4. The van der Waals surface area contributed by atoms with Gasteiger partial charge in [-0.3, -0.25) is 0 Å². The fourth-order valence-electron chi connectivity index (χ4n) is 1.48. The highest BCUT2D eigenvalue weighted by Gasteiger charge is 1.97. The second-order valence-corrected chi connectivity index (χ2v) is 3.75. The van der Waals surface area contributed by atoms with E-state index in [2.05, 4.69) is 0 Å². The number of methoxy groups -OCH3 is 1. The molecule has 0 saturated carbocycles. The number of carbonyl (C=O) groups is 1. The summed E-state index contributed by atoms with van der Waals surface area (Å²) < 4.78 is 10.0. The molecule has 17 heavy (non-hydrogen) atoms. The molecule has 94 valence electrons. The third kappa shape index (κ3) is 5.92. The summed E-state index contributed by atoms with van der Waals surface area (Å²) >= 11 is 0. The molecule has 1 N–H and O–H groups in total. The van der Waals surface area contributed by atoms with Crippen LogP contribution in [0.25, 0.3) is 0 Å². The SMILES string of the molecule is COc1ccc(CCCCOCC(=O)O)cc1. The minimum atomic E-state index is -0.917. The van der Waals surface area contributed by atoms with Crippen molar-refractivity contribution in [3.8, 4) is 5.75 Å². The van der Waals surface area contributed by atoms with Crippen molar-refractivity contribution in [1.82, 2.24) is 0 Å². The maximum Gasteiger partial charge on any atom is 0.329 e. The summed E-state index contributed by atoms with van der Waals surface area (Å²) in [5.74, 6) is -0.0568. The lowest BCUT2D eigenvalue weighted by molar-refractivity contribution is -0.142. The van der Waals surface area contributed by atoms with Gasteiger partial charge < -0.3 is 14.6 Å². The standard InChI is InChI=1S/C13H18O4/c1-16-12-7-5-11(6-8-12)4-2-3-9-17-10-13(14)15/h5-8H,2-4,9-10H2,1H3,(H,14,15). The van der Waals surface area contributed by atoms with Gasteiger partial charge in [-0.2, -0.15) is 0 Å². The molecule has 0 aliphatic carbocycles. The first-order chi connectivity index (χ1) is 8.22. The molecule has 0 spiro atoms. The lowest BCUT2D eigenvalue weighted by atomic mass is 10.1. The van der Waals surface area contributed by atoms with Gasteiger partial charge in [-0.05, 0) is 37.0 Å². The maximum atomic E-state index is 10.2. The average molecular weight is 238 g/mol. The fraction of sp³-hybridized carbons (Fsp3) is 0.462.